The minimum Gasteiger partial charge on any atom is -0.508 e. The van der Waals surface area contributed by atoms with Gasteiger partial charge in [-0.05, 0) is 86.0 Å². The van der Waals surface area contributed by atoms with E-state index in [1.165, 1.54) is 17.7 Å². The number of carbonyl (C=O) groups excluding carboxylic acids is 2. The fourth-order valence-corrected chi connectivity index (χ4v) is 6.52. The first kappa shape index (κ1) is 30.0. The Morgan fingerprint density at radius 1 is 1.02 bits per heavy atom. The van der Waals surface area contributed by atoms with E-state index in [2.05, 4.69) is 18.2 Å². The van der Waals surface area contributed by atoms with Gasteiger partial charge in [-0.15, -0.1) is 0 Å². The van der Waals surface area contributed by atoms with Crippen LogP contribution in [0.2, 0.25) is 5.02 Å². The topological polar surface area (TPSA) is 92.8 Å². The van der Waals surface area contributed by atoms with E-state index in [-0.39, 0.29) is 23.6 Å². The van der Waals surface area contributed by atoms with Gasteiger partial charge in [-0.1, -0.05) is 35.9 Å². The predicted octanol–water partition coefficient (Wildman–Crippen LogP) is 6.42. The number of nitrogens with zero attached hydrogens (tertiary/aromatic N) is 5. The number of phenols is 1. The van der Waals surface area contributed by atoms with E-state index in [1.807, 2.05) is 48.9 Å². The lowest BCUT2D eigenvalue weighted by Crippen LogP contribution is -2.39. The summed E-state index contributed by atoms with van der Waals surface area (Å²) in [5.74, 6) is -0.786. The average Bonchev–Trinajstić information content (AvgIpc) is 3.51. The summed E-state index contributed by atoms with van der Waals surface area (Å²) >= 11 is 6.51. The van der Waals surface area contributed by atoms with Crippen LogP contribution in [0.4, 0.5) is 11.4 Å². The zero-order chi connectivity index (χ0) is 32.0. The van der Waals surface area contributed by atoms with Gasteiger partial charge in [0.15, 0.2) is 0 Å². The molecule has 2 atom stereocenters. The second kappa shape index (κ2) is 11.8. The molecule has 2 amide bonds. The third kappa shape index (κ3) is 5.34. The molecule has 0 radical (unpaired) electrons. The van der Waals surface area contributed by atoms with Gasteiger partial charge in [-0.2, -0.15) is 5.26 Å². The SMILES string of the molecule is Cc1c(N(C(=O)C2C=C(c3cc(Cl)ccc3C(=O)N3CCc4ccccc4C3)N(C)C2C)c2ccc(O)cc2)cc(C#N)n1C. The molecule has 2 unspecified atom stereocenters. The standard InChI is InChI=1S/C36H34ClN5O3/c1-22-31(36(45)42(27-10-12-29(43)13-11-27)33-18-28(20-38)39(3)23(33)2)19-34(40(22)4)32-17-26(37)9-14-30(32)35(44)41-16-15-24-7-5-6-8-25(24)21-41/h5-14,17-19,22,31,43H,15-16,21H2,1-4H3. The van der Waals surface area contributed by atoms with Crippen molar-refractivity contribution in [2.45, 2.75) is 32.9 Å². The smallest absolute Gasteiger partial charge is 0.254 e. The molecule has 8 nitrogen and oxygen atoms in total. The number of hydrogen-bond donors (Lipinski definition) is 1. The van der Waals surface area contributed by atoms with E-state index in [9.17, 15) is 20.0 Å². The third-order valence-electron chi connectivity index (χ3n) is 9.23. The zero-order valence-corrected chi connectivity index (χ0v) is 26.4. The maximum atomic E-state index is 14.6. The second-order valence-electron chi connectivity index (χ2n) is 11.7. The number of phenolic OH excluding ortho intramolecular Hbond substituents is 1. The normalized spacial score (nSPS) is 17.5. The van der Waals surface area contributed by atoms with Crippen molar-refractivity contribution in [3.8, 4) is 11.8 Å². The van der Waals surface area contributed by atoms with Crippen LogP contribution in [0.1, 0.15) is 45.4 Å². The van der Waals surface area contributed by atoms with Crippen molar-refractivity contribution in [2.75, 3.05) is 18.5 Å². The van der Waals surface area contributed by atoms with Gasteiger partial charge < -0.3 is 19.5 Å². The van der Waals surface area contributed by atoms with Crippen LogP contribution in [0, 0.1) is 24.2 Å². The molecule has 1 N–H and O–H groups in total. The molecule has 0 bridgehead atoms. The average molecular weight is 620 g/mol. The van der Waals surface area contributed by atoms with Gasteiger partial charge in [0.05, 0.1) is 11.6 Å². The summed E-state index contributed by atoms with van der Waals surface area (Å²) in [7, 11) is 3.71. The van der Waals surface area contributed by atoms with Crippen molar-refractivity contribution in [1.29, 1.82) is 5.26 Å². The fraction of sp³-hybridized carbons (Fsp3) is 0.250. The molecule has 228 valence electrons. The summed E-state index contributed by atoms with van der Waals surface area (Å²) in [6.45, 7) is 5.00. The molecule has 0 spiro atoms. The Labute approximate surface area is 268 Å². The van der Waals surface area contributed by atoms with Gasteiger partial charge in [-0.25, -0.2) is 0 Å². The lowest BCUT2D eigenvalue weighted by Gasteiger charge is -2.31. The summed E-state index contributed by atoms with van der Waals surface area (Å²) in [5, 5.41) is 20.2. The maximum Gasteiger partial charge on any atom is 0.254 e. The van der Waals surface area contributed by atoms with Gasteiger partial charge in [-0.3, -0.25) is 14.5 Å². The summed E-state index contributed by atoms with van der Waals surface area (Å²) in [6.07, 6.45) is 2.71. The lowest BCUT2D eigenvalue weighted by molar-refractivity contribution is -0.121. The highest BCUT2D eigenvalue weighted by atomic mass is 35.5. The first-order valence-electron chi connectivity index (χ1n) is 14.9. The summed E-state index contributed by atoms with van der Waals surface area (Å²) in [4.78, 5) is 34.1. The van der Waals surface area contributed by atoms with Crippen LogP contribution in [0.25, 0.3) is 5.70 Å². The van der Waals surface area contributed by atoms with E-state index in [1.54, 1.807) is 52.9 Å². The molecule has 0 saturated carbocycles. The molecule has 3 aromatic carbocycles. The van der Waals surface area contributed by atoms with E-state index in [0.717, 1.165) is 23.4 Å². The van der Waals surface area contributed by atoms with E-state index < -0.39 is 5.92 Å². The van der Waals surface area contributed by atoms with Crippen molar-refractivity contribution in [3.63, 3.8) is 0 Å². The number of halogens is 1. The molecular weight excluding hydrogens is 586 g/mol. The van der Waals surface area contributed by atoms with Crippen molar-refractivity contribution < 1.29 is 14.7 Å². The number of aromatic nitrogens is 1. The number of anilines is 2. The van der Waals surface area contributed by atoms with Crippen LogP contribution >= 0.6 is 11.6 Å². The Morgan fingerprint density at radius 2 is 1.73 bits per heavy atom. The molecule has 4 aromatic rings. The number of benzene rings is 3. The quantitative estimate of drug-likeness (QED) is 0.278. The molecule has 0 saturated heterocycles. The molecule has 6 rings (SSSR count). The largest absolute Gasteiger partial charge is 0.508 e. The van der Waals surface area contributed by atoms with Crippen LogP contribution in [0.15, 0.2) is 78.9 Å². The van der Waals surface area contributed by atoms with Crippen LogP contribution in [-0.2, 0) is 24.8 Å². The lowest BCUT2D eigenvalue weighted by atomic mass is 9.97. The Bertz CT molecular complexity index is 1890. The van der Waals surface area contributed by atoms with Crippen LogP contribution < -0.4 is 4.90 Å². The number of rotatable bonds is 5. The van der Waals surface area contributed by atoms with Gasteiger partial charge in [0.25, 0.3) is 5.91 Å². The number of amides is 2. The predicted molar refractivity (Wildman–Crippen MR) is 175 cm³/mol. The molecule has 9 heteroatoms. The third-order valence-corrected chi connectivity index (χ3v) is 9.47. The highest BCUT2D eigenvalue weighted by Crippen LogP contribution is 2.40. The molecule has 2 aliphatic heterocycles. The summed E-state index contributed by atoms with van der Waals surface area (Å²) in [6, 6.07) is 23.6. The minimum absolute atomic E-state index is 0.0810. The number of carbonyl (C=O) groups is 2. The molecule has 1 aromatic heterocycles. The fourth-order valence-electron chi connectivity index (χ4n) is 6.35. The van der Waals surface area contributed by atoms with E-state index in [0.29, 0.717) is 46.3 Å². The van der Waals surface area contributed by atoms with Crippen LogP contribution in [-0.4, -0.2) is 50.9 Å². The molecule has 45 heavy (non-hydrogen) atoms. The van der Waals surface area contributed by atoms with Crippen molar-refractivity contribution in [2.24, 2.45) is 13.0 Å². The number of fused-ring (bicyclic) bond motifs is 1. The highest BCUT2D eigenvalue weighted by molar-refractivity contribution is 6.31. The Balaban J connectivity index is 1.39. The van der Waals surface area contributed by atoms with Crippen LogP contribution in [0.3, 0.4) is 0 Å². The highest BCUT2D eigenvalue weighted by Gasteiger charge is 2.39. The zero-order valence-electron chi connectivity index (χ0n) is 25.7. The summed E-state index contributed by atoms with van der Waals surface area (Å²) < 4.78 is 1.75. The molecule has 0 fully saturated rings. The van der Waals surface area contributed by atoms with Gasteiger partial charge in [0.1, 0.15) is 17.5 Å². The molecule has 3 heterocycles. The van der Waals surface area contributed by atoms with Crippen LogP contribution in [0.5, 0.6) is 5.75 Å². The number of hydrogen-bond acceptors (Lipinski definition) is 5. The van der Waals surface area contributed by atoms with Crippen molar-refractivity contribution >= 4 is 40.5 Å². The van der Waals surface area contributed by atoms with Gasteiger partial charge in [0.2, 0.25) is 5.91 Å². The molecule has 2 aliphatic rings. The maximum absolute atomic E-state index is 14.6. The minimum atomic E-state index is -0.590. The number of nitriles is 1. The Hall–Kier alpha value is -5.00. The van der Waals surface area contributed by atoms with E-state index in [4.69, 9.17) is 11.6 Å². The first-order valence-corrected chi connectivity index (χ1v) is 15.3. The number of aromatic hydroxyl groups is 1. The molecule has 0 aliphatic carbocycles. The van der Waals surface area contributed by atoms with Crippen molar-refractivity contribution in [3.05, 3.63) is 118 Å². The first-order chi connectivity index (χ1) is 21.6. The molecular formula is C36H34ClN5O3. The van der Waals surface area contributed by atoms with Gasteiger partial charge in [0, 0.05) is 66.5 Å². The van der Waals surface area contributed by atoms with Gasteiger partial charge >= 0.3 is 0 Å². The Morgan fingerprint density at radius 3 is 2.42 bits per heavy atom. The van der Waals surface area contributed by atoms with Crippen molar-refractivity contribution in [1.82, 2.24) is 14.4 Å². The monoisotopic (exact) mass is 619 g/mol. The second-order valence-corrected chi connectivity index (χ2v) is 12.2. The summed E-state index contributed by atoms with van der Waals surface area (Å²) in [5.41, 5.74) is 6.70. The van der Waals surface area contributed by atoms with E-state index >= 15 is 0 Å². The Kier molecular flexibility index (Phi) is 7.90.